The molecule has 0 aromatic rings. The highest BCUT2D eigenvalue weighted by molar-refractivity contribution is 6.07. The van der Waals surface area contributed by atoms with Gasteiger partial charge in [0.15, 0.2) is 5.78 Å². The van der Waals surface area contributed by atoms with Gasteiger partial charge in [-0.2, -0.15) is 0 Å². The molecule has 1 aliphatic carbocycles. The molecule has 1 atom stereocenters. The van der Waals surface area contributed by atoms with Gasteiger partial charge in [0.2, 0.25) is 0 Å². The Kier molecular flexibility index (Phi) is 0.868. The van der Waals surface area contributed by atoms with Crippen LogP contribution in [0.15, 0.2) is 18.4 Å². The number of nitrogens with two attached hydrogens (primary N) is 1. The van der Waals surface area contributed by atoms with Gasteiger partial charge in [-0.1, -0.05) is 6.58 Å². The van der Waals surface area contributed by atoms with Gasteiger partial charge in [0.05, 0.1) is 0 Å². The largest absolute Gasteiger partial charge is 0.315 e. The second-order valence-corrected chi connectivity index (χ2v) is 1.99. The van der Waals surface area contributed by atoms with Crippen LogP contribution in [0.1, 0.15) is 6.42 Å². The fourth-order valence-electron chi connectivity index (χ4n) is 0.535. The summed E-state index contributed by atoms with van der Waals surface area (Å²) in [5, 5.41) is 0. The van der Waals surface area contributed by atoms with Crippen molar-refractivity contribution in [1.82, 2.24) is 0 Å². The molecule has 42 valence electrons. The average Bonchev–Trinajstić information content (AvgIpc) is 2.16. The summed E-state index contributed by atoms with van der Waals surface area (Å²) in [5.74, 6) is 0.0775. The number of hydrogen-bond acceptors (Lipinski definition) is 2. The predicted molar refractivity (Wildman–Crippen MR) is 30.3 cm³/mol. The van der Waals surface area contributed by atoms with Crippen molar-refractivity contribution in [3.63, 3.8) is 0 Å². The molecule has 0 radical (unpaired) electrons. The molecule has 1 saturated carbocycles. The number of hydrogen-bond donors (Lipinski definition) is 1. The normalized spacial score (nSPS) is 33.9. The lowest BCUT2D eigenvalue weighted by molar-refractivity contribution is -0.111. The molecular formula is C6H7NO. The van der Waals surface area contributed by atoms with Gasteiger partial charge in [0.1, 0.15) is 5.54 Å². The standard InChI is InChI=1S/C6H7NO/c1-2-3-6(7)4-5(6)8/h3H,1,4,7H2. The van der Waals surface area contributed by atoms with E-state index in [4.69, 9.17) is 5.73 Å². The maximum absolute atomic E-state index is 10.4. The van der Waals surface area contributed by atoms with E-state index < -0.39 is 5.54 Å². The first kappa shape index (κ1) is 5.29. The molecule has 0 amide bonds. The Hall–Kier alpha value is -0.850. The Morgan fingerprint density at radius 2 is 2.50 bits per heavy atom. The summed E-state index contributed by atoms with van der Waals surface area (Å²) in [4.78, 5) is 10.4. The average molecular weight is 109 g/mol. The second kappa shape index (κ2) is 1.31. The molecule has 1 unspecified atom stereocenters. The molecule has 0 spiro atoms. The van der Waals surface area contributed by atoms with Crippen molar-refractivity contribution in [3.8, 4) is 0 Å². The minimum absolute atomic E-state index is 0.0775. The lowest BCUT2D eigenvalue weighted by Crippen LogP contribution is -2.20. The van der Waals surface area contributed by atoms with Crippen LogP contribution in [-0.4, -0.2) is 11.3 Å². The van der Waals surface area contributed by atoms with E-state index in [1.54, 1.807) is 0 Å². The Morgan fingerprint density at radius 1 is 2.00 bits per heavy atom. The third kappa shape index (κ3) is 0.601. The first-order valence-corrected chi connectivity index (χ1v) is 2.38. The van der Waals surface area contributed by atoms with Crippen molar-refractivity contribution < 1.29 is 4.79 Å². The Balaban J connectivity index is 2.73. The number of carbonyl (C=O) groups excluding carboxylic acids is 1. The van der Waals surface area contributed by atoms with Crippen LogP contribution in [0, 0.1) is 0 Å². The maximum atomic E-state index is 10.4. The Morgan fingerprint density at radius 3 is 2.62 bits per heavy atom. The van der Waals surface area contributed by atoms with Crippen LogP contribution >= 0.6 is 0 Å². The molecule has 0 aromatic heterocycles. The summed E-state index contributed by atoms with van der Waals surface area (Å²) in [5.41, 5.74) is 7.19. The van der Waals surface area contributed by atoms with Crippen LogP contribution in [0.25, 0.3) is 0 Å². The fraction of sp³-hybridized carbons (Fsp3) is 0.333. The van der Waals surface area contributed by atoms with Crippen molar-refractivity contribution >= 4 is 5.78 Å². The van der Waals surface area contributed by atoms with Crippen molar-refractivity contribution in [2.75, 3.05) is 0 Å². The topological polar surface area (TPSA) is 43.1 Å². The monoisotopic (exact) mass is 109 g/mol. The molecular weight excluding hydrogens is 102 g/mol. The molecule has 0 heterocycles. The summed E-state index contributed by atoms with van der Waals surface area (Å²) >= 11 is 0. The van der Waals surface area contributed by atoms with Crippen LogP contribution < -0.4 is 5.73 Å². The van der Waals surface area contributed by atoms with Gasteiger partial charge < -0.3 is 5.73 Å². The maximum Gasteiger partial charge on any atom is 0.160 e. The molecule has 0 aliphatic heterocycles. The van der Waals surface area contributed by atoms with Crippen molar-refractivity contribution in [2.45, 2.75) is 12.0 Å². The van der Waals surface area contributed by atoms with E-state index >= 15 is 0 Å². The van der Waals surface area contributed by atoms with Crippen LogP contribution in [0.4, 0.5) is 0 Å². The molecule has 2 N–H and O–H groups in total. The minimum Gasteiger partial charge on any atom is -0.315 e. The van der Waals surface area contributed by atoms with Gasteiger partial charge in [0, 0.05) is 6.42 Å². The molecule has 2 nitrogen and oxygen atoms in total. The third-order valence-electron chi connectivity index (χ3n) is 1.21. The highest BCUT2D eigenvalue weighted by Gasteiger charge is 2.47. The molecule has 8 heavy (non-hydrogen) atoms. The smallest absolute Gasteiger partial charge is 0.160 e. The molecule has 0 saturated heterocycles. The third-order valence-corrected chi connectivity index (χ3v) is 1.21. The van der Waals surface area contributed by atoms with Crippen molar-refractivity contribution in [3.05, 3.63) is 18.4 Å². The number of rotatable bonds is 1. The lowest BCUT2D eigenvalue weighted by atomic mass is 10.3. The van der Waals surface area contributed by atoms with E-state index in [-0.39, 0.29) is 5.78 Å². The van der Waals surface area contributed by atoms with Crippen LogP contribution in [0.2, 0.25) is 0 Å². The second-order valence-electron chi connectivity index (χ2n) is 1.99. The van der Waals surface area contributed by atoms with Gasteiger partial charge in [-0.05, 0) is 6.08 Å². The van der Waals surface area contributed by atoms with Gasteiger partial charge in [-0.15, -0.1) is 5.73 Å². The SMILES string of the molecule is C=C=CC1(N)CC1=O. The lowest BCUT2D eigenvalue weighted by Gasteiger charge is -1.89. The number of Topliss-reactive ketones (excluding diaryl/α,β-unsaturated/α-hetero) is 1. The summed E-state index contributed by atoms with van der Waals surface area (Å²) in [7, 11) is 0. The zero-order valence-corrected chi connectivity index (χ0v) is 4.48. The van der Waals surface area contributed by atoms with Gasteiger partial charge >= 0.3 is 0 Å². The van der Waals surface area contributed by atoms with Crippen LogP contribution in [-0.2, 0) is 4.79 Å². The Labute approximate surface area is 47.7 Å². The van der Waals surface area contributed by atoms with Crippen LogP contribution in [0.3, 0.4) is 0 Å². The van der Waals surface area contributed by atoms with E-state index in [1.807, 2.05) is 0 Å². The molecule has 1 fully saturated rings. The summed E-state index contributed by atoms with van der Waals surface area (Å²) in [6.07, 6.45) is 1.96. The number of carbonyl (C=O) groups is 1. The van der Waals surface area contributed by atoms with Crippen molar-refractivity contribution in [2.24, 2.45) is 5.73 Å². The van der Waals surface area contributed by atoms with Gasteiger partial charge in [0.25, 0.3) is 0 Å². The zero-order chi connectivity index (χ0) is 6.20. The van der Waals surface area contributed by atoms with Gasteiger partial charge in [-0.3, -0.25) is 4.79 Å². The fourth-order valence-corrected chi connectivity index (χ4v) is 0.535. The Bertz CT molecular complexity index is 179. The predicted octanol–water partition coefficient (Wildman–Crippen LogP) is -0.00220. The molecule has 1 aliphatic rings. The first-order valence-electron chi connectivity index (χ1n) is 2.38. The van der Waals surface area contributed by atoms with E-state index in [0.29, 0.717) is 6.42 Å². The quantitative estimate of drug-likeness (QED) is 0.481. The van der Waals surface area contributed by atoms with E-state index in [9.17, 15) is 4.79 Å². The van der Waals surface area contributed by atoms with E-state index in [1.165, 1.54) is 6.08 Å². The highest BCUT2D eigenvalue weighted by atomic mass is 16.1. The highest BCUT2D eigenvalue weighted by Crippen LogP contribution is 2.27. The summed E-state index contributed by atoms with van der Waals surface area (Å²) < 4.78 is 0. The van der Waals surface area contributed by atoms with E-state index in [0.717, 1.165) is 0 Å². The van der Waals surface area contributed by atoms with Crippen molar-refractivity contribution in [1.29, 1.82) is 0 Å². The molecule has 2 heteroatoms. The summed E-state index contributed by atoms with van der Waals surface area (Å²) in [6.45, 7) is 3.31. The zero-order valence-electron chi connectivity index (χ0n) is 4.48. The summed E-state index contributed by atoms with van der Waals surface area (Å²) in [6, 6.07) is 0. The first-order chi connectivity index (χ1) is 3.69. The van der Waals surface area contributed by atoms with E-state index in [2.05, 4.69) is 12.3 Å². The number of ketones is 1. The molecule has 0 aromatic carbocycles. The molecule has 0 bridgehead atoms. The van der Waals surface area contributed by atoms with Gasteiger partial charge in [-0.25, -0.2) is 0 Å². The van der Waals surface area contributed by atoms with Crippen LogP contribution in [0.5, 0.6) is 0 Å². The minimum atomic E-state index is -0.679. The molecule has 1 rings (SSSR count).